The largest absolute Gasteiger partial charge is 0.480 e. The predicted octanol–water partition coefficient (Wildman–Crippen LogP) is 2.48. The topological polar surface area (TPSA) is 78.4 Å². The fraction of sp³-hybridized carbons (Fsp3) is 0.812. The summed E-state index contributed by atoms with van der Waals surface area (Å²) >= 11 is 1.43. The maximum Gasteiger partial charge on any atom is 0.317 e. The summed E-state index contributed by atoms with van der Waals surface area (Å²) in [5.74, 6) is 1.50. The van der Waals surface area contributed by atoms with Crippen molar-refractivity contribution in [2.24, 2.45) is 11.8 Å². The van der Waals surface area contributed by atoms with Crippen LogP contribution in [0.15, 0.2) is 0 Å². The Labute approximate surface area is 141 Å². The number of nitrogens with zero attached hydrogens (tertiary/aromatic N) is 3. The van der Waals surface area contributed by atoms with Crippen LogP contribution in [0.3, 0.4) is 0 Å². The maximum atomic E-state index is 11.0. The van der Waals surface area contributed by atoms with Crippen molar-refractivity contribution in [2.45, 2.75) is 58.0 Å². The molecule has 0 aromatic carbocycles. The molecule has 1 aromatic heterocycles. The Morgan fingerprint density at radius 1 is 1.43 bits per heavy atom. The molecule has 0 atom stereocenters. The Hall–Kier alpha value is -1.21. The first-order chi connectivity index (χ1) is 11.0. The summed E-state index contributed by atoms with van der Waals surface area (Å²) in [5, 5.41) is 13.4. The van der Waals surface area contributed by atoms with Crippen molar-refractivity contribution in [1.82, 2.24) is 14.3 Å². The smallest absolute Gasteiger partial charge is 0.317 e. The van der Waals surface area contributed by atoms with Crippen LogP contribution in [0.5, 0.6) is 0 Å². The Morgan fingerprint density at radius 2 is 2.17 bits per heavy atom. The summed E-state index contributed by atoms with van der Waals surface area (Å²) < 4.78 is 4.39. The SMILES string of the molecule is CC(C)Cc1nsc(NC2CC(N(CC(=O)O)CC3CC3)C2)n1. The Bertz CT molecular complexity index is 538. The molecule has 1 heterocycles. The van der Waals surface area contributed by atoms with E-state index in [9.17, 15) is 4.79 Å². The molecule has 0 saturated heterocycles. The second kappa shape index (κ2) is 7.13. The van der Waals surface area contributed by atoms with Crippen molar-refractivity contribution in [1.29, 1.82) is 0 Å². The van der Waals surface area contributed by atoms with Gasteiger partial charge in [-0.2, -0.15) is 4.37 Å². The molecule has 0 bridgehead atoms. The van der Waals surface area contributed by atoms with Crippen LogP contribution in [-0.2, 0) is 11.2 Å². The zero-order chi connectivity index (χ0) is 16.4. The first-order valence-electron chi connectivity index (χ1n) is 8.54. The summed E-state index contributed by atoms with van der Waals surface area (Å²) in [4.78, 5) is 17.7. The van der Waals surface area contributed by atoms with E-state index in [2.05, 4.69) is 33.4 Å². The Balaban J connectivity index is 1.45. The molecule has 0 spiro atoms. The summed E-state index contributed by atoms with van der Waals surface area (Å²) in [6.07, 6.45) is 5.43. The number of aliphatic carboxylic acids is 1. The molecule has 2 saturated carbocycles. The third-order valence-corrected chi connectivity index (χ3v) is 5.23. The molecule has 0 aliphatic heterocycles. The minimum atomic E-state index is -0.718. The number of aromatic nitrogens is 2. The highest BCUT2D eigenvalue weighted by molar-refractivity contribution is 7.09. The molecule has 1 aromatic rings. The van der Waals surface area contributed by atoms with Crippen LogP contribution in [0.4, 0.5) is 5.13 Å². The lowest BCUT2D eigenvalue weighted by Crippen LogP contribution is -2.52. The van der Waals surface area contributed by atoms with Gasteiger partial charge in [-0.3, -0.25) is 9.69 Å². The first-order valence-corrected chi connectivity index (χ1v) is 9.32. The molecule has 23 heavy (non-hydrogen) atoms. The molecule has 2 aliphatic carbocycles. The summed E-state index contributed by atoms with van der Waals surface area (Å²) in [7, 11) is 0. The molecule has 2 aliphatic rings. The molecular formula is C16H26N4O2S. The lowest BCUT2D eigenvalue weighted by Gasteiger charge is -2.42. The van der Waals surface area contributed by atoms with Gasteiger partial charge in [0.05, 0.1) is 6.54 Å². The lowest BCUT2D eigenvalue weighted by molar-refractivity contribution is -0.139. The second-order valence-electron chi connectivity index (χ2n) is 7.35. The molecule has 2 N–H and O–H groups in total. The van der Waals surface area contributed by atoms with Gasteiger partial charge in [-0.15, -0.1) is 0 Å². The highest BCUT2D eigenvalue weighted by Crippen LogP contribution is 2.34. The van der Waals surface area contributed by atoms with Gasteiger partial charge in [-0.05, 0) is 37.5 Å². The minimum absolute atomic E-state index is 0.172. The number of hydrogen-bond donors (Lipinski definition) is 2. The number of carboxylic acids is 1. The number of carboxylic acid groups (broad SMARTS) is 1. The third kappa shape index (κ3) is 4.88. The highest BCUT2D eigenvalue weighted by Gasteiger charge is 2.37. The molecule has 0 unspecified atom stereocenters. The summed E-state index contributed by atoms with van der Waals surface area (Å²) in [5.41, 5.74) is 0. The molecule has 7 heteroatoms. The van der Waals surface area contributed by atoms with Gasteiger partial charge in [-0.25, -0.2) is 4.98 Å². The van der Waals surface area contributed by atoms with Gasteiger partial charge >= 0.3 is 5.97 Å². The number of carbonyl (C=O) groups is 1. The fourth-order valence-corrected chi connectivity index (χ4v) is 3.76. The van der Waals surface area contributed by atoms with Crippen molar-refractivity contribution in [3.8, 4) is 0 Å². The van der Waals surface area contributed by atoms with E-state index >= 15 is 0 Å². The second-order valence-corrected chi connectivity index (χ2v) is 8.10. The Kier molecular flexibility index (Phi) is 5.16. The number of rotatable bonds is 9. The summed E-state index contributed by atoms with van der Waals surface area (Å²) in [6, 6.07) is 0.794. The number of nitrogens with one attached hydrogen (secondary N) is 1. The third-order valence-electron chi connectivity index (χ3n) is 4.54. The van der Waals surface area contributed by atoms with Crippen LogP contribution in [0, 0.1) is 11.8 Å². The minimum Gasteiger partial charge on any atom is -0.480 e. The first kappa shape index (κ1) is 16.6. The van der Waals surface area contributed by atoms with E-state index in [0.29, 0.717) is 18.0 Å². The monoisotopic (exact) mass is 338 g/mol. The Morgan fingerprint density at radius 3 is 2.78 bits per heavy atom. The van der Waals surface area contributed by atoms with Crippen molar-refractivity contribution in [3.63, 3.8) is 0 Å². The molecule has 0 radical (unpaired) electrons. The van der Waals surface area contributed by atoms with Gasteiger partial charge in [0, 0.05) is 36.6 Å². The van der Waals surface area contributed by atoms with E-state index in [4.69, 9.17) is 5.11 Å². The zero-order valence-electron chi connectivity index (χ0n) is 13.9. The fourth-order valence-electron chi connectivity index (χ4n) is 3.09. The maximum absolute atomic E-state index is 11.0. The standard InChI is InChI=1S/C16H26N4O2S/c1-10(2)5-14-18-16(23-19-14)17-12-6-13(7-12)20(9-15(21)22)8-11-3-4-11/h10-13H,3-9H2,1-2H3,(H,21,22)(H,17,18,19). The van der Waals surface area contributed by atoms with Gasteiger partial charge in [0.15, 0.2) is 0 Å². The van der Waals surface area contributed by atoms with Crippen molar-refractivity contribution in [3.05, 3.63) is 5.82 Å². The van der Waals surface area contributed by atoms with Crippen LogP contribution in [0.2, 0.25) is 0 Å². The van der Waals surface area contributed by atoms with E-state index in [-0.39, 0.29) is 6.54 Å². The quantitative estimate of drug-likeness (QED) is 0.720. The zero-order valence-corrected chi connectivity index (χ0v) is 14.7. The van der Waals surface area contributed by atoms with E-state index in [1.165, 1.54) is 24.4 Å². The average Bonchev–Trinajstić information content (AvgIpc) is 3.11. The van der Waals surface area contributed by atoms with Crippen LogP contribution < -0.4 is 5.32 Å². The van der Waals surface area contributed by atoms with E-state index < -0.39 is 5.97 Å². The van der Waals surface area contributed by atoms with Gasteiger partial charge in [0.1, 0.15) is 5.82 Å². The molecule has 2 fully saturated rings. The van der Waals surface area contributed by atoms with Gasteiger partial charge < -0.3 is 10.4 Å². The van der Waals surface area contributed by atoms with Crippen molar-refractivity contribution >= 4 is 22.6 Å². The van der Waals surface area contributed by atoms with Crippen molar-refractivity contribution < 1.29 is 9.90 Å². The molecule has 6 nitrogen and oxygen atoms in total. The highest BCUT2D eigenvalue weighted by atomic mass is 32.1. The van der Waals surface area contributed by atoms with Gasteiger partial charge in [0.2, 0.25) is 5.13 Å². The molecule has 128 valence electrons. The van der Waals surface area contributed by atoms with E-state index in [1.54, 1.807) is 0 Å². The van der Waals surface area contributed by atoms with E-state index in [1.807, 2.05) is 0 Å². The van der Waals surface area contributed by atoms with Gasteiger partial charge in [0.25, 0.3) is 0 Å². The number of anilines is 1. The van der Waals surface area contributed by atoms with E-state index in [0.717, 1.165) is 42.7 Å². The normalized spacial score (nSPS) is 24.0. The van der Waals surface area contributed by atoms with Gasteiger partial charge in [-0.1, -0.05) is 13.8 Å². The van der Waals surface area contributed by atoms with Crippen LogP contribution >= 0.6 is 11.5 Å². The average molecular weight is 338 g/mol. The molecule has 3 rings (SSSR count). The van der Waals surface area contributed by atoms with Crippen LogP contribution in [-0.4, -0.2) is 50.5 Å². The number of hydrogen-bond acceptors (Lipinski definition) is 6. The molecule has 0 amide bonds. The van der Waals surface area contributed by atoms with Crippen LogP contribution in [0.25, 0.3) is 0 Å². The lowest BCUT2D eigenvalue weighted by atomic mass is 9.85. The molecular weight excluding hydrogens is 312 g/mol. The predicted molar refractivity (Wildman–Crippen MR) is 90.8 cm³/mol. The van der Waals surface area contributed by atoms with Crippen molar-refractivity contribution in [2.75, 3.05) is 18.4 Å². The van der Waals surface area contributed by atoms with Crippen LogP contribution in [0.1, 0.15) is 45.4 Å². The summed E-state index contributed by atoms with van der Waals surface area (Å²) in [6.45, 7) is 5.45.